The van der Waals surface area contributed by atoms with Gasteiger partial charge in [0.1, 0.15) is 23.6 Å². The van der Waals surface area contributed by atoms with Crippen molar-refractivity contribution in [2.45, 2.75) is 192 Å². The first-order valence-corrected chi connectivity index (χ1v) is 19.5. The third-order valence-electron chi connectivity index (χ3n) is 12.0. The Morgan fingerprint density at radius 3 is 2.09 bits per heavy atom. The number of ether oxygens (including phenoxy) is 7. The lowest BCUT2D eigenvalue weighted by molar-refractivity contribution is -0.309. The maximum atomic E-state index is 14.1. The summed E-state index contributed by atoms with van der Waals surface area (Å²) >= 11 is 0. The Labute approximate surface area is 321 Å². The van der Waals surface area contributed by atoms with E-state index in [0.29, 0.717) is 6.42 Å². The fourth-order valence-corrected chi connectivity index (χ4v) is 8.16. The van der Waals surface area contributed by atoms with Crippen molar-refractivity contribution < 1.29 is 68.0 Å². The third-order valence-corrected chi connectivity index (χ3v) is 12.0. The van der Waals surface area contributed by atoms with E-state index in [1.165, 1.54) is 27.9 Å². The highest BCUT2D eigenvalue weighted by atomic mass is 16.7. The second-order valence-electron chi connectivity index (χ2n) is 16.8. The smallest absolute Gasteiger partial charge is 0.311 e. The number of aliphatic hydroxyl groups excluding tert-OH is 2. The number of aliphatic hydroxyl groups is 4. The lowest BCUT2D eigenvalue weighted by Crippen LogP contribution is -2.60. The molecule has 0 bridgehead atoms. The molecule has 4 N–H and O–H groups in total. The first-order valence-electron chi connectivity index (χ1n) is 19.5. The molecular formula is C39H69NO14. The molecule has 3 fully saturated rings. The second kappa shape index (κ2) is 18.6. The zero-order valence-electron chi connectivity index (χ0n) is 34.6. The largest absolute Gasteiger partial charge is 0.459 e. The van der Waals surface area contributed by atoms with E-state index in [2.05, 4.69) is 0 Å². The number of methoxy groups -OCH3 is 1. The van der Waals surface area contributed by atoms with Crippen LogP contribution in [0.4, 0.5) is 0 Å². The highest BCUT2D eigenvalue weighted by molar-refractivity contribution is 5.83. The molecule has 15 heteroatoms. The summed E-state index contributed by atoms with van der Waals surface area (Å²) in [6.07, 6.45) is -9.66. The maximum absolute atomic E-state index is 14.1. The van der Waals surface area contributed by atoms with Gasteiger partial charge in [0.2, 0.25) is 0 Å². The van der Waals surface area contributed by atoms with E-state index in [1.54, 1.807) is 41.5 Å². The number of cyclic esters (lactones) is 1. The molecule has 15 nitrogen and oxygen atoms in total. The fourth-order valence-electron chi connectivity index (χ4n) is 8.16. The lowest BCUT2D eigenvalue weighted by atomic mass is 9.76. The van der Waals surface area contributed by atoms with Crippen molar-refractivity contribution in [3.63, 3.8) is 0 Å². The summed E-state index contributed by atoms with van der Waals surface area (Å²) in [5, 5.41) is 46.2. The maximum Gasteiger partial charge on any atom is 0.311 e. The molecule has 0 aromatic carbocycles. The van der Waals surface area contributed by atoms with Crippen molar-refractivity contribution >= 4 is 17.7 Å². The van der Waals surface area contributed by atoms with Gasteiger partial charge in [0.15, 0.2) is 18.7 Å². The van der Waals surface area contributed by atoms with E-state index in [1.807, 2.05) is 25.9 Å². The summed E-state index contributed by atoms with van der Waals surface area (Å²) in [5.41, 5.74) is -4.87. The molecule has 0 amide bonds. The Bertz CT molecular complexity index is 1260. The minimum absolute atomic E-state index is 0.0832. The van der Waals surface area contributed by atoms with Gasteiger partial charge in [0.25, 0.3) is 0 Å². The SMILES string of the molecule is CCC(=O)O[C@@H]1C(N(C)C)C[C@@H](C)O[C@H]1OC1CC(O[C@H]2C[C@@](C)(OC)[C@@H](O)[C@H](C)O2)[C@@H](C)C(=O)OC(CC)[C@@](C)(O)[C@H](O)[C@@H](C)C(=O)C(C)C[C@@]1(C)O. The van der Waals surface area contributed by atoms with Gasteiger partial charge >= 0.3 is 11.9 Å². The van der Waals surface area contributed by atoms with E-state index < -0.39 is 108 Å². The molecule has 3 rings (SSSR count). The molecule has 54 heavy (non-hydrogen) atoms. The summed E-state index contributed by atoms with van der Waals surface area (Å²) in [4.78, 5) is 42.6. The van der Waals surface area contributed by atoms with Crippen molar-refractivity contribution in [2.24, 2.45) is 17.8 Å². The lowest BCUT2D eigenvalue weighted by Gasteiger charge is -2.47. The van der Waals surface area contributed by atoms with Gasteiger partial charge in [0.05, 0.1) is 53.7 Å². The van der Waals surface area contributed by atoms with E-state index in [4.69, 9.17) is 33.2 Å². The fraction of sp³-hybridized carbons (Fsp3) is 0.923. The number of carbonyl (C=O) groups is 3. The Hall–Kier alpha value is -1.79. The predicted octanol–water partition coefficient (Wildman–Crippen LogP) is 2.50. The van der Waals surface area contributed by atoms with Crippen LogP contribution in [0.25, 0.3) is 0 Å². The molecule has 0 saturated carbocycles. The number of likely N-dealkylation sites (N-methyl/N-ethyl adjacent to an activating group) is 1. The van der Waals surface area contributed by atoms with Crippen molar-refractivity contribution in [1.82, 2.24) is 4.90 Å². The highest BCUT2D eigenvalue weighted by Gasteiger charge is 2.52. The van der Waals surface area contributed by atoms with Gasteiger partial charge < -0.3 is 58.5 Å². The molecule has 3 heterocycles. The van der Waals surface area contributed by atoms with Crippen molar-refractivity contribution in [1.29, 1.82) is 0 Å². The van der Waals surface area contributed by atoms with Crippen LogP contribution >= 0.6 is 0 Å². The minimum Gasteiger partial charge on any atom is -0.459 e. The normalized spacial score (nSPS) is 46.1. The van der Waals surface area contributed by atoms with E-state index in [0.717, 1.165) is 0 Å². The first-order chi connectivity index (χ1) is 24.9. The number of esters is 2. The van der Waals surface area contributed by atoms with Crippen LogP contribution < -0.4 is 0 Å². The monoisotopic (exact) mass is 775 g/mol. The Morgan fingerprint density at radius 2 is 1.54 bits per heavy atom. The summed E-state index contributed by atoms with van der Waals surface area (Å²) < 4.78 is 43.2. The summed E-state index contributed by atoms with van der Waals surface area (Å²) in [6.45, 7) is 16.2. The molecule has 3 aliphatic heterocycles. The van der Waals surface area contributed by atoms with Gasteiger partial charge in [-0.15, -0.1) is 0 Å². The van der Waals surface area contributed by atoms with Crippen molar-refractivity contribution in [3.05, 3.63) is 0 Å². The molecule has 0 radical (unpaired) electrons. The average Bonchev–Trinajstić information content (AvgIpc) is 3.10. The van der Waals surface area contributed by atoms with Gasteiger partial charge in [-0.05, 0) is 74.9 Å². The van der Waals surface area contributed by atoms with Crippen LogP contribution in [-0.4, -0.2) is 149 Å². The molecule has 17 atom stereocenters. The molecule has 314 valence electrons. The van der Waals surface area contributed by atoms with Gasteiger partial charge in [-0.2, -0.15) is 0 Å². The summed E-state index contributed by atoms with van der Waals surface area (Å²) in [7, 11) is 5.20. The van der Waals surface area contributed by atoms with Crippen molar-refractivity contribution in [3.8, 4) is 0 Å². The number of Topliss-reactive ketones (excluding diaryl/α,β-unsaturated/α-hetero) is 1. The van der Waals surface area contributed by atoms with E-state index in [9.17, 15) is 34.8 Å². The van der Waals surface area contributed by atoms with Crippen LogP contribution in [0.2, 0.25) is 0 Å². The molecule has 0 aromatic heterocycles. The molecule has 0 spiro atoms. The topological polar surface area (TPSA) is 200 Å². The number of nitrogens with zero attached hydrogens (tertiary/aromatic N) is 1. The number of hydrogen-bond acceptors (Lipinski definition) is 15. The standard InChI is InChI=1S/C39H69NO14/c1-14-27-39(10,47)33(43)23(6)31(42)20(3)18-37(8,46)28(53-36-32(54-29(41)15-2)25(40(11)12)16-21(4)49-36)17-26(22(5)35(45)52-27)51-30-19-38(9,48-13)34(44)24(7)50-30/h20-28,30,32-34,36,43-44,46-47H,14-19H2,1-13H3/t20?,21-,22-,23+,24+,25?,26?,27?,28?,30+,32-,33-,34+,36+,37-,38-,39-/m1/s1. The second-order valence-corrected chi connectivity index (χ2v) is 16.8. The zero-order chi connectivity index (χ0) is 41.1. The summed E-state index contributed by atoms with van der Waals surface area (Å²) in [5.74, 6) is -4.66. The molecule has 3 saturated heterocycles. The van der Waals surface area contributed by atoms with Gasteiger partial charge in [-0.1, -0.05) is 27.7 Å². The summed E-state index contributed by atoms with van der Waals surface area (Å²) in [6, 6.07) is -0.310. The molecule has 3 aliphatic rings. The van der Waals surface area contributed by atoms with Crippen LogP contribution in [0, 0.1) is 17.8 Å². The number of hydrogen-bond donors (Lipinski definition) is 4. The Morgan fingerprint density at radius 1 is 0.907 bits per heavy atom. The quantitative estimate of drug-likeness (QED) is 0.249. The number of rotatable bonds is 9. The van der Waals surface area contributed by atoms with Crippen molar-refractivity contribution in [2.75, 3.05) is 21.2 Å². The number of carbonyl (C=O) groups excluding carboxylic acids is 3. The van der Waals surface area contributed by atoms with Crippen LogP contribution in [0.1, 0.15) is 108 Å². The Kier molecular flexibility index (Phi) is 16.1. The molecule has 0 aliphatic carbocycles. The predicted molar refractivity (Wildman–Crippen MR) is 196 cm³/mol. The van der Waals surface area contributed by atoms with Gasteiger partial charge in [-0.25, -0.2) is 0 Å². The zero-order valence-corrected chi connectivity index (χ0v) is 34.6. The first kappa shape index (κ1) is 46.6. The van der Waals surface area contributed by atoms with Crippen LogP contribution in [0.5, 0.6) is 0 Å². The molecular weight excluding hydrogens is 706 g/mol. The third kappa shape index (κ3) is 10.6. The average molecular weight is 776 g/mol. The number of ketones is 1. The molecule has 0 aromatic rings. The van der Waals surface area contributed by atoms with Crippen LogP contribution in [0.15, 0.2) is 0 Å². The van der Waals surface area contributed by atoms with E-state index in [-0.39, 0.29) is 44.2 Å². The van der Waals surface area contributed by atoms with Crippen LogP contribution in [-0.2, 0) is 47.5 Å². The Balaban J connectivity index is 2.18. The van der Waals surface area contributed by atoms with Gasteiger partial charge in [-0.3, -0.25) is 14.4 Å². The molecule has 5 unspecified atom stereocenters. The van der Waals surface area contributed by atoms with Crippen LogP contribution in [0.3, 0.4) is 0 Å². The minimum atomic E-state index is -2.01. The van der Waals surface area contributed by atoms with Gasteiger partial charge in [0, 0.05) is 38.2 Å². The highest BCUT2D eigenvalue weighted by Crippen LogP contribution is 2.39. The van der Waals surface area contributed by atoms with E-state index >= 15 is 0 Å².